The topological polar surface area (TPSA) is 101 Å². The Morgan fingerprint density at radius 1 is 0.800 bits per heavy atom. The number of amides is 1. The minimum absolute atomic E-state index is 0.326. The number of hydrogen-bond donors (Lipinski definition) is 1. The zero-order chi connectivity index (χ0) is 21.7. The number of hydrogen-bond acceptors (Lipinski definition) is 9. The molecule has 0 spiro atoms. The summed E-state index contributed by atoms with van der Waals surface area (Å²) in [5, 5.41) is 11.9. The first-order valence-electron chi connectivity index (χ1n) is 8.71. The number of nitrogens with one attached hydrogen (secondary N) is 1. The maximum Gasteiger partial charge on any atom is 0.257 e. The van der Waals surface area contributed by atoms with Crippen LogP contribution >= 0.6 is 11.3 Å². The lowest BCUT2D eigenvalue weighted by atomic mass is 10.1. The molecule has 3 rings (SSSR count). The highest BCUT2D eigenvalue weighted by Gasteiger charge is 2.18. The van der Waals surface area contributed by atoms with Crippen molar-refractivity contribution >= 4 is 22.4 Å². The summed E-state index contributed by atoms with van der Waals surface area (Å²) in [6.45, 7) is 0. The van der Waals surface area contributed by atoms with Gasteiger partial charge in [0.05, 0.1) is 35.5 Å². The van der Waals surface area contributed by atoms with E-state index in [2.05, 4.69) is 15.5 Å². The molecule has 9 nitrogen and oxygen atoms in total. The van der Waals surface area contributed by atoms with Crippen LogP contribution in [0.3, 0.4) is 0 Å². The molecule has 1 N–H and O–H groups in total. The van der Waals surface area contributed by atoms with Crippen molar-refractivity contribution in [3.63, 3.8) is 0 Å². The number of carbonyl (C=O) groups excluding carboxylic acids is 1. The first-order chi connectivity index (χ1) is 14.5. The van der Waals surface area contributed by atoms with Gasteiger partial charge in [0.15, 0.2) is 23.0 Å². The molecule has 0 saturated carbocycles. The standard InChI is InChI=1S/C20H21N3O6S/c1-25-13-7-6-11(8-14(13)26-2)19-22-23-20(30-19)21-18(24)12-9-15(27-3)17(29-5)16(10-12)28-4/h6-10H,1-5H3,(H,21,23,24). The molecule has 1 heterocycles. The Hall–Kier alpha value is -3.53. The highest BCUT2D eigenvalue weighted by atomic mass is 32.1. The summed E-state index contributed by atoms with van der Waals surface area (Å²) < 4.78 is 26.4. The molecule has 10 heteroatoms. The number of nitrogens with zero attached hydrogens (tertiary/aromatic N) is 2. The molecule has 0 aliphatic carbocycles. The third kappa shape index (κ3) is 4.23. The van der Waals surface area contributed by atoms with Gasteiger partial charge in [0, 0.05) is 11.1 Å². The molecule has 0 unspecified atom stereocenters. The van der Waals surface area contributed by atoms with Crippen molar-refractivity contribution < 1.29 is 28.5 Å². The van der Waals surface area contributed by atoms with Crippen molar-refractivity contribution in [2.45, 2.75) is 0 Å². The zero-order valence-electron chi connectivity index (χ0n) is 17.1. The molecule has 0 radical (unpaired) electrons. The second-order valence-electron chi connectivity index (χ2n) is 5.85. The van der Waals surface area contributed by atoms with Crippen LogP contribution < -0.4 is 29.0 Å². The molecule has 0 aliphatic heterocycles. The van der Waals surface area contributed by atoms with Gasteiger partial charge in [-0.25, -0.2) is 0 Å². The second-order valence-corrected chi connectivity index (χ2v) is 6.83. The first-order valence-corrected chi connectivity index (χ1v) is 9.53. The summed E-state index contributed by atoms with van der Waals surface area (Å²) in [6, 6.07) is 8.54. The maximum absolute atomic E-state index is 12.7. The molecule has 3 aromatic rings. The van der Waals surface area contributed by atoms with Crippen LogP contribution in [0.5, 0.6) is 28.7 Å². The van der Waals surface area contributed by atoms with Crippen molar-refractivity contribution in [3.8, 4) is 39.3 Å². The van der Waals surface area contributed by atoms with Crippen LogP contribution in [0, 0.1) is 0 Å². The summed E-state index contributed by atoms with van der Waals surface area (Å²) >= 11 is 1.23. The lowest BCUT2D eigenvalue weighted by molar-refractivity contribution is 0.102. The van der Waals surface area contributed by atoms with Crippen LogP contribution in [0.2, 0.25) is 0 Å². The molecule has 1 aromatic heterocycles. The number of ether oxygens (including phenoxy) is 5. The number of aromatic nitrogens is 2. The van der Waals surface area contributed by atoms with Gasteiger partial charge in [-0.05, 0) is 30.3 Å². The molecule has 158 valence electrons. The number of benzene rings is 2. The molecule has 0 atom stereocenters. The van der Waals surface area contributed by atoms with Crippen LogP contribution in [-0.4, -0.2) is 51.7 Å². The van der Waals surface area contributed by atoms with E-state index in [1.165, 1.54) is 32.7 Å². The zero-order valence-corrected chi connectivity index (χ0v) is 18.0. The van der Waals surface area contributed by atoms with E-state index >= 15 is 0 Å². The lowest BCUT2D eigenvalue weighted by Crippen LogP contribution is -2.12. The monoisotopic (exact) mass is 431 g/mol. The third-order valence-electron chi connectivity index (χ3n) is 4.20. The van der Waals surface area contributed by atoms with Crippen molar-refractivity contribution in [3.05, 3.63) is 35.9 Å². The third-order valence-corrected chi connectivity index (χ3v) is 5.09. The van der Waals surface area contributed by atoms with Crippen molar-refractivity contribution in [2.75, 3.05) is 40.9 Å². The van der Waals surface area contributed by atoms with E-state index in [0.717, 1.165) is 5.56 Å². The molecular formula is C20H21N3O6S. The average Bonchev–Trinajstić information content (AvgIpc) is 3.25. The second kappa shape index (κ2) is 9.31. The van der Waals surface area contributed by atoms with Crippen molar-refractivity contribution in [2.24, 2.45) is 0 Å². The fourth-order valence-corrected chi connectivity index (χ4v) is 3.48. The normalized spacial score (nSPS) is 10.3. The number of anilines is 1. The van der Waals surface area contributed by atoms with Gasteiger partial charge in [0.2, 0.25) is 10.9 Å². The molecule has 0 saturated heterocycles. The van der Waals surface area contributed by atoms with Crippen molar-refractivity contribution in [1.82, 2.24) is 10.2 Å². The molecule has 0 aliphatic rings. The Morgan fingerprint density at radius 3 is 2.00 bits per heavy atom. The van der Waals surface area contributed by atoms with Crippen molar-refractivity contribution in [1.29, 1.82) is 0 Å². The summed E-state index contributed by atoms with van der Waals surface area (Å²) in [5.41, 5.74) is 1.12. The molecule has 30 heavy (non-hydrogen) atoms. The van der Waals surface area contributed by atoms with Crippen LogP contribution in [0.15, 0.2) is 30.3 Å². The largest absolute Gasteiger partial charge is 0.493 e. The SMILES string of the molecule is COc1ccc(-c2nnc(NC(=O)c3cc(OC)c(OC)c(OC)c3)s2)cc1OC. The minimum Gasteiger partial charge on any atom is -0.493 e. The van der Waals surface area contributed by atoms with Crippen LogP contribution in [-0.2, 0) is 0 Å². The fourth-order valence-electron chi connectivity index (χ4n) is 2.74. The maximum atomic E-state index is 12.7. The van der Waals surface area contributed by atoms with Gasteiger partial charge >= 0.3 is 0 Å². The number of carbonyl (C=O) groups is 1. The number of rotatable bonds is 8. The molecule has 2 aromatic carbocycles. The van der Waals surface area contributed by atoms with E-state index in [9.17, 15) is 4.79 Å². The van der Waals surface area contributed by atoms with Crippen LogP contribution in [0.4, 0.5) is 5.13 Å². The van der Waals surface area contributed by atoms with Gasteiger partial charge < -0.3 is 23.7 Å². The Kier molecular flexibility index (Phi) is 6.58. The smallest absolute Gasteiger partial charge is 0.257 e. The van der Waals surface area contributed by atoms with Gasteiger partial charge in [-0.3, -0.25) is 10.1 Å². The minimum atomic E-state index is -0.385. The summed E-state index contributed by atoms with van der Waals surface area (Å²) in [4.78, 5) is 12.7. The van der Waals surface area contributed by atoms with E-state index in [0.29, 0.717) is 44.5 Å². The predicted octanol–water partition coefficient (Wildman–Crippen LogP) is 3.50. The fraction of sp³-hybridized carbons (Fsp3) is 0.250. The Morgan fingerprint density at radius 2 is 1.43 bits per heavy atom. The number of methoxy groups -OCH3 is 5. The Bertz CT molecular complexity index is 1030. The van der Waals surface area contributed by atoms with E-state index in [-0.39, 0.29) is 5.91 Å². The summed E-state index contributed by atoms with van der Waals surface area (Å²) in [7, 11) is 7.60. The average molecular weight is 431 g/mol. The van der Waals surface area contributed by atoms with Gasteiger partial charge in [-0.2, -0.15) is 0 Å². The van der Waals surface area contributed by atoms with E-state index < -0.39 is 0 Å². The van der Waals surface area contributed by atoms with Gasteiger partial charge in [-0.1, -0.05) is 11.3 Å². The summed E-state index contributed by atoms with van der Waals surface area (Å²) in [5.74, 6) is 1.97. The van der Waals surface area contributed by atoms with Gasteiger partial charge in [-0.15, -0.1) is 10.2 Å². The van der Waals surface area contributed by atoms with E-state index in [1.54, 1.807) is 38.5 Å². The Balaban J connectivity index is 1.83. The van der Waals surface area contributed by atoms with Gasteiger partial charge in [0.25, 0.3) is 5.91 Å². The molecule has 0 bridgehead atoms. The van der Waals surface area contributed by atoms with E-state index in [1.807, 2.05) is 6.07 Å². The summed E-state index contributed by atoms with van der Waals surface area (Å²) in [6.07, 6.45) is 0. The molecule has 0 fully saturated rings. The van der Waals surface area contributed by atoms with E-state index in [4.69, 9.17) is 23.7 Å². The first kappa shape index (κ1) is 21.2. The lowest BCUT2D eigenvalue weighted by Gasteiger charge is -2.13. The molecule has 1 amide bonds. The van der Waals surface area contributed by atoms with Gasteiger partial charge in [0.1, 0.15) is 5.01 Å². The quantitative estimate of drug-likeness (QED) is 0.578. The Labute approximate surface area is 177 Å². The predicted molar refractivity (Wildman–Crippen MR) is 113 cm³/mol. The highest BCUT2D eigenvalue weighted by Crippen LogP contribution is 2.39. The van der Waals surface area contributed by atoms with Crippen LogP contribution in [0.25, 0.3) is 10.6 Å². The molecular weight excluding hydrogens is 410 g/mol. The van der Waals surface area contributed by atoms with Crippen LogP contribution in [0.1, 0.15) is 10.4 Å². The highest BCUT2D eigenvalue weighted by molar-refractivity contribution is 7.18.